The van der Waals surface area contributed by atoms with Gasteiger partial charge in [-0.2, -0.15) is 0 Å². The van der Waals surface area contributed by atoms with Crippen LogP contribution in [0.3, 0.4) is 0 Å². The number of rotatable bonds is 6. The van der Waals surface area contributed by atoms with Gasteiger partial charge in [0.25, 0.3) is 0 Å². The van der Waals surface area contributed by atoms with E-state index in [0.717, 1.165) is 36.5 Å². The maximum Gasteiger partial charge on any atom is 0.240 e. The molecule has 3 nitrogen and oxygen atoms in total. The molecule has 3 rings (SSSR count). The van der Waals surface area contributed by atoms with Crippen LogP contribution in [0.15, 0.2) is 59.5 Å². The fourth-order valence-electron chi connectivity index (χ4n) is 3.19. The number of nitrogens with zero attached hydrogens (tertiary/aromatic N) is 1. The molecule has 0 spiro atoms. The molecule has 1 N–H and O–H groups in total. The molecule has 1 fully saturated rings. The summed E-state index contributed by atoms with van der Waals surface area (Å²) in [6, 6.07) is 16.2. The van der Waals surface area contributed by atoms with E-state index in [1.807, 2.05) is 42.3 Å². The third kappa shape index (κ3) is 5.22. The van der Waals surface area contributed by atoms with Crippen LogP contribution in [0.2, 0.25) is 0 Å². The molecular formula is C20H24ClFN2OS. The van der Waals surface area contributed by atoms with E-state index in [1.165, 1.54) is 23.9 Å². The van der Waals surface area contributed by atoms with Crippen molar-refractivity contribution in [2.45, 2.75) is 16.6 Å². The number of hydrogen-bond donors (Lipinski definition) is 1. The van der Waals surface area contributed by atoms with E-state index in [9.17, 15) is 9.18 Å². The molecule has 0 saturated carbocycles. The third-order valence-electron chi connectivity index (χ3n) is 4.48. The molecule has 6 heteroatoms. The smallest absolute Gasteiger partial charge is 0.240 e. The molecule has 0 aromatic heterocycles. The Bertz CT molecular complexity index is 699. The van der Waals surface area contributed by atoms with E-state index in [2.05, 4.69) is 5.32 Å². The first-order valence-electron chi connectivity index (χ1n) is 8.58. The number of likely N-dealkylation sites (tertiary alicyclic amines) is 1. The first-order valence-corrected chi connectivity index (χ1v) is 9.46. The van der Waals surface area contributed by atoms with Crippen molar-refractivity contribution in [1.82, 2.24) is 10.2 Å². The average Bonchev–Trinajstić information content (AvgIpc) is 3.10. The maximum atomic E-state index is 13.2. The minimum absolute atomic E-state index is 0. The van der Waals surface area contributed by atoms with Gasteiger partial charge in [-0.05, 0) is 55.8 Å². The van der Waals surface area contributed by atoms with Crippen molar-refractivity contribution in [3.63, 3.8) is 0 Å². The number of carbonyl (C=O) groups is 1. The van der Waals surface area contributed by atoms with Crippen molar-refractivity contribution >= 4 is 30.1 Å². The maximum absolute atomic E-state index is 13.2. The normalized spacial score (nSPS) is 17.6. The van der Waals surface area contributed by atoms with E-state index >= 15 is 0 Å². The van der Waals surface area contributed by atoms with Crippen molar-refractivity contribution in [3.8, 4) is 0 Å². The lowest BCUT2D eigenvalue weighted by Gasteiger charge is -2.24. The summed E-state index contributed by atoms with van der Waals surface area (Å²) in [5.41, 5.74) is 0.985. The molecule has 2 unspecified atom stereocenters. The zero-order valence-corrected chi connectivity index (χ0v) is 16.4. The van der Waals surface area contributed by atoms with Gasteiger partial charge in [-0.15, -0.1) is 24.2 Å². The van der Waals surface area contributed by atoms with Crippen LogP contribution >= 0.6 is 24.2 Å². The fourth-order valence-corrected chi connectivity index (χ4v) is 4.30. The van der Waals surface area contributed by atoms with Crippen LogP contribution in [0.25, 0.3) is 0 Å². The third-order valence-corrected chi connectivity index (χ3v) is 5.74. The Morgan fingerprint density at radius 1 is 1.23 bits per heavy atom. The zero-order chi connectivity index (χ0) is 17.6. The van der Waals surface area contributed by atoms with Gasteiger partial charge in [0.05, 0.1) is 0 Å². The second-order valence-corrected chi connectivity index (χ2v) is 7.54. The van der Waals surface area contributed by atoms with Crippen LogP contribution in [-0.4, -0.2) is 37.5 Å². The molecule has 140 valence electrons. The second-order valence-electron chi connectivity index (χ2n) is 6.36. The Morgan fingerprint density at radius 2 is 1.92 bits per heavy atom. The van der Waals surface area contributed by atoms with E-state index in [1.54, 1.807) is 12.1 Å². The lowest BCUT2D eigenvalue weighted by atomic mass is 10.1. The highest BCUT2D eigenvalue weighted by Gasteiger charge is 2.32. The van der Waals surface area contributed by atoms with E-state index in [0.29, 0.717) is 5.92 Å². The van der Waals surface area contributed by atoms with Gasteiger partial charge in [-0.3, -0.25) is 4.79 Å². The minimum Gasteiger partial charge on any atom is -0.341 e. The standard InChI is InChI=1S/C20H23FN2OS.ClH/c1-22-13-15-11-12-23(14-15)20(24)19(16-5-3-2-4-6-16)25-18-9-7-17(21)8-10-18;/h2-10,15,19,22H,11-14H2,1H3;1H. The Balaban J connectivity index is 0.00000243. The first kappa shape index (κ1) is 20.7. The molecule has 2 aromatic carbocycles. The van der Waals surface area contributed by atoms with Gasteiger partial charge in [-0.1, -0.05) is 30.3 Å². The molecule has 1 amide bonds. The highest BCUT2D eigenvalue weighted by atomic mass is 35.5. The highest BCUT2D eigenvalue weighted by Crippen LogP contribution is 2.37. The number of hydrogen-bond acceptors (Lipinski definition) is 3. The minimum atomic E-state index is -0.306. The summed E-state index contributed by atoms with van der Waals surface area (Å²) >= 11 is 1.49. The van der Waals surface area contributed by atoms with Crippen LogP contribution in [0.1, 0.15) is 17.2 Å². The van der Waals surface area contributed by atoms with Crippen molar-refractivity contribution in [1.29, 1.82) is 0 Å². The van der Waals surface area contributed by atoms with Gasteiger partial charge in [0.2, 0.25) is 5.91 Å². The predicted octanol–water partition coefficient (Wildman–Crippen LogP) is 4.15. The molecule has 1 saturated heterocycles. The van der Waals surface area contributed by atoms with E-state index in [-0.39, 0.29) is 29.4 Å². The molecule has 2 atom stereocenters. The Kier molecular flexibility index (Phi) is 7.94. The molecule has 2 aromatic rings. The zero-order valence-electron chi connectivity index (χ0n) is 14.7. The quantitative estimate of drug-likeness (QED) is 0.747. The molecule has 0 radical (unpaired) electrons. The Morgan fingerprint density at radius 3 is 2.58 bits per heavy atom. The number of thioether (sulfide) groups is 1. The molecule has 1 heterocycles. The molecular weight excluding hydrogens is 371 g/mol. The van der Waals surface area contributed by atoms with Crippen LogP contribution in [-0.2, 0) is 4.79 Å². The van der Waals surface area contributed by atoms with Gasteiger partial charge in [-0.25, -0.2) is 4.39 Å². The Labute approximate surface area is 164 Å². The number of benzene rings is 2. The van der Waals surface area contributed by atoms with Crippen LogP contribution in [0.5, 0.6) is 0 Å². The summed E-state index contributed by atoms with van der Waals surface area (Å²) in [4.78, 5) is 16.0. The van der Waals surface area contributed by atoms with Gasteiger partial charge >= 0.3 is 0 Å². The summed E-state index contributed by atoms with van der Waals surface area (Å²) in [5.74, 6) is 0.390. The lowest BCUT2D eigenvalue weighted by Crippen LogP contribution is -2.33. The van der Waals surface area contributed by atoms with E-state index < -0.39 is 0 Å². The Hall–Kier alpha value is -1.56. The number of nitrogens with one attached hydrogen (secondary N) is 1. The molecule has 1 aliphatic heterocycles. The monoisotopic (exact) mass is 394 g/mol. The summed E-state index contributed by atoms with van der Waals surface area (Å²) < 4.78 is 13.2. The van der Waals surface area contributed by atoms with Gasteiger partial charge < -0.3 is 10.2 Å². The average molecular weight is 395 g/mol. The lowest BCUT2D eigenvalue weighted by molar-refractivity contribution is -0.129. The predicted molar refractivity (Wildman–Crippen MR) is 107 cm³/mol. The van der Waals surface area contributed by atoms with Crippen molar-refractivity contribution in [2.75, 3.05) is 26.7 Å². The van der Waals surface area contributed by atoms with Crippen molar-refractivity contribution in [3.05, 3.63) is 66.0 Å². The second kappa shape index (κ2) is 9.95. The first-order chi connectivity index (χ1) is 12.2. The summed E-state index contributed by atoms with van der Waals surface area (Å²) in [5, 5.41) is 2.89. The van der Waals surface area contributed by atoms with Crippen molar-refractivity contribution in [2.24, 2.45) is 5.92 Å². The van der Waals surface area contributed by atoms with Crippen LogP contribution < -0.4 is 5.32 Å². The van der Waals surface area contributed by atoms with Gasteiger partial charge in [0.1, 0.15) is 11.1 Å². The van der Waals surface area contributed by atoms with Crippen LogP contribution in [0, 0.1) is 11.7 Å². The van der Waals surface area contributed by atoms with Gasteiger partial charge in [0.15, 0.2) is 0 Å². The van der Waals surface area contributed by atoms with Crippen LogP contribution in [0.4, 0.5) is 4.39 Å². The summed E-state index contributed by atoms with van der Waals surface area (Å²) in [7, 11) is 1.95. The van der Waals surface area contributed by atoms with Crippen molar-refractivity contribution < 1.29 is 9.18 Å². The van der Waals surface area contributed by atoms with E-state index in [4.69, 9.17) is 0 Å². The molecule has 0 aliphatic carbocycles. The summed E-state index contributed by atoms with van der Waals surface area (Å²) in [6.45, 7) is 2.54. The number of halogens is 2. The largest absolute Gasteiger partial charge is 0.341 e. The highest BCUT2D eigenvalue weighted by molar-refractivity contribution is 8.00. The number of amides is 1. The SMILES string of the molecule is CNCC1CCN(C(=O)C(Sc2ccc(F)cc2)c2ccccc2)C1.Cl. The molecule has 1 aliphatic rings. The number of carbonyl (C=O) groups excluding carboxylic acids is 1. The molecule has 0 bridgehead atoms. The molecule has 26 heavy (non-hydrogen) atoms. The summed E-state index contributed by atoms with van der Waals surface area (Å²) in [6.07, 6.45) is 1.04. The topological polar surface area (TPSA) is 32.3 Å². The van der Waals surface area contributed by atoms with Gasteiger partial charge in [0, 0.05) is 18.0 Å². The fraction of sp³-hybridized carbons (Fsp3) is 0.350.